The summed E-state index contributed by atoms with van der Waals surface area (Å²) in [6, 6.07) is 0.401. The van der Waals surface area contributed by atoms with E-state index in [2.05, 4.69) is 58.1 Å². The first-order valence-electron chi connectivity index (χ1n) is 8.60. The Bertz CT molecular complexity index is 812. The summed E-state index contributed by atoms with van der Waals surface area (Å²) < 4.78 is 2.09. The minimum Gasteiger partial charge on any atom is -0.381 e. The van der Waals surface area contributed by atoms with Crippen molar-refractivity contribution in [2.45, 2.75) is 31.7 Å². The molecule has 2 atom stereocenters. The quantitative estimate of drug-likeness (QED) is 0.884. The summed E-state index contributed by atoms with van der Waals surface area (Å²) in [5.41, 5.74) is 10.1. The van der Waals surface area contributed by atoms with Gasteiger partial charge in [-0.2, -0.15) is 0 Å². The van der Waals surface area contributed by atoms with Crippen LogP contribution in [0.5, 0.6) is 0 Å². The molecule has 0 radical (unpaired) electrons. The second-order valence-corrected chi connectivity index (χ2v) is 6.78. The molecule has 2 aliphatic heterocycles. The molecule has 24 heavy (non-hydrogen) atoms. The van der Waals surface area contributed by atoms with Crippen LogP contribution in [-0.2, 0) is 0 Å². The zero-order chi connectivity index (χ0) is 16.7. The maximum atomic E-state index is 6.09. The molecule has 4 rings (SSSR count). The van der Waals surface area contributed by atoms with Crippen LogP contribution in [0.2, 0.25) is 0 Å². The predicted octanol–water partition coefficient (Wildman–Crippen LogP) is 2.01. The first kappa shape index (κ1) is 15.2. The Morgan fingerprint density at radius 1 is 1.38 bits per heavy atom. The highest BCUT2D eigenvalue weighted by Crippen LogP contribution is 2.28. The first-order valence-corrected chi connectivity index (χ1v) is 8.60. The Labute approximate surface area is 142 Å². The number of allylic oxidation sites excluding steroid dienone is 2. The number of nitrogens with zero attached hydrogens (tertiary/aromatic N) is 4. The minimum atomic E-state index is 0.401. The van der Waals surface area contributed by atoms with Gasteiger partial charge >= 0.3 is 0 Å². The number of rotatable bonds is 2. The number of fused-ring (bicyclic) bond motifs is 1. The first-order chi connectivity index (χ1) is 11.6. The third-order valence-corrected chi connectivity index (χ3v) is 5.09. The van der Waals surface area contributed by atoms with E-state index in [0.29, 0.717) is 17.8 Å². The normalized spacial score (nSPS) is 24.4. The van der Waals surface area contributed by atoms with Crippen molar-refractivity contribution in [3.63, 3.8) is 0 Å². The molecule has 6 heteroatoms. The molecule has 2 aliphatic rings. The van der Waals surface area contributed by atoms with E-state index in [-0.39, 0.29) is 0 Å². The molecule has 0 saturated carbocycles. The summed E-state index contributed by atoms with van der Waals surface area (Å²) in [6.45, 7) is 4.25. The second kappa shape index (κ2) is 5.94. The van der Waals surface area contributed by atoms with Crippen molar-refractivity contribution in [3.8, 4) is 0 Å². The van der Waals surface area contributed by atoms with E-state index in [0.717, 1.165) is 35.7 Å². The van der Waals surface area contributed by atoms with Gasteiger partial charge < -0.3 is 16.0 Å². The summed E-state index contributed by atoms with van der Waals surface area (Å²) in [4.78, 5) is 11.4. The number of hydrogen-bond acceptors (Lipinski definition) is 5. The number of nitrogens with one attached hydrogen (secondary N) is 1. The molecule has 0 bridgehead atoms. The maximum absolute atomic E-state index is 6.09. The number of nitrogens with two attached hydrogens (primary N) is 1. The Hall–Kier alpha value is -2.34. The van der Waals surface area contributed by atoms with Gasteiger partial charge in [-0.15, -0.1) is 0 Å². The average Bonchev–Trinajstić information content (AvgIpc) is 3.05. The van der Waals surface area contributed by atoms with Crippen LogP contribution in [0, 0.1) is 0 Å². The van der Waals surface area contributed by atoms with Gasteiger partial charge in [0.2, 0.25) is 0 Å². The third kappa shape index (κ3) is 2.57. The fourth-order valence-electron chi connectivity index (χ4n) is 3.44. The number of likely N-dealkylation sites (N-methyl/N-ethyl adjacent to an activating group) is 1. The summed E-state index contributed by atoms with van der Waals surface area (Å²) in [6.07, 6.45) is 12.8. The van der Waals surface area contributed by atoms with Crippen LogP contribution in [0.1, 0.15) is 37.1 Å². The zero-order valence-corrected chi connectivity index (χ0v) is 14.2. The summed E-state index contributed by atoms with van der Waals surface area (Å²) in [7, 11) is 2.09. The van der Waals surface area contributed by atoms with Crippen LogP contribution < -0.4 is 11.1 Å². The van der Waals surface area contributed by atoms with E-state index in [1.165, 1.54) is 12.8 Å². The average molecular weight is 324 g/mol. The van der Waals surface area contributed by atoms with Crippen LogP contribution in [0.25, 0.3) is 11.2 Å². The van der Waals surface area contributed by atoms with Gasteiger partial charge in [-0.1, -0.05) is 12.2 Å². The van der Waals surface area contributed by atoms with Gasteiger partial charge in [0.25, 0.3) is 0 Å². The van der Waals surface area contributed by atoms with Gasteiger partial charge in [-0.05, 0) is 26.3 Å². The summed E-state index contributed by atoms with van der Waals surface area (Å²) >= 11 is 0. The summed E-state index contributed by atoms with van der Waals surface area (Å²) in [5, 5.41) is 3.46. The smallest absolute Gasteiger partial charge is 0.180 e. The lowest BCUT2D eigenvalue weighted by atomic mass is 9.97. The number of nitrogen functional groups attached to an aromatic ring is 1. The topological polar surface area (TPSA) is 71.5 Å². The van der Waals surface area contributed by atoms with Crippen molar-refractivity contribution in [1.82, 2.24) is 24.6 Å². The molecular formula is C18H24N6. The molecule has 1 fully saturated rings. The Morgan fingerprint density at radius 3 is 3.00 bits per heavy atom. The lowest BCUT2D eigenvalue weighted by Crippen LogP contribution is -2.28. The van der Waals surface area contributed by atoms with E-state index in [1.54, 1.807) is 0 Å². The molecule has 2 aromatic rings. The largest absolute Gasteiger partial charge is 0.381 e. The predicted molar refractivity (Wildman–Crippen MR) is 96.6 cm³/mol. The molecule has 0 amide bonds. The van der Waals surface area contributed by atoms with E-state index in [4.69, 9.17) is 10.7 Å². The standard InChI is InChI=1S/C18H24N6/c1-12-5-6-14(10-23(12)2)16-9-21-17(19)18-22-15(11-24(16)18)13-4-3-7-20-8-13/h5-6,9-13,20H,3-4,7-8H2,1-2H3,(H2,19,21). The Kier molecular flexibility index (Phi) is 3.76. The minimum absolute atomic E-state index is 0.401. The van der Waals surface area contributed by atoms with Crippen LogP contribution in [0.15, 0.2) is 30.7 Å². The molecule has 0 spiro atoms. The Balaban J connectivity index is 1.79. The highest BCUT2D eigenvalue weighted by atomic mass is 15.1. The number of aromatic nitrogens is 3. The summed E-state index contributed by atoms with van der Waals surface area (Å²) in [5.74, 6) is 0.931. The van der Waals surface area contributed by atoms with Crippen molar-refractivity contribution in [2.75, 3.05) is 25.9 Å². The van der Waals surface area contributed by atoms with Gasteiger partial charge in [0, 0.05) is 43.5 Å². The number of anilines is 1. The van der Waals surface area contributed by atoms with Crippen molar-refractivity contribution in [3.05, 3.63) is 42.1 Å². The van der Waals surface area contributed by atoms with Crippen LogP contribution in [-0.4, -0.2) is 45.4 Å². The van der Waals surface area contributed by atoms with Gasteiger partial charge in [0.1, 0.15) is 0 Å². The van der Waals surface area contributed by atoms with Crippen molar-refractivity contribution in [2.24, 2.45) is 0 Å². The molecule has 4 heterocycles. The van der Waals surface area contributed by atoms with E-state index in [1.807, 2.05) is 6.20 Å². The van der Waals surface area contributed by atoms with Crippen molar-refractivity contribution >= 4 is 17.0 Å². The fourth-order valence-corrected chi connectivity index (χ4v) is 3.44. The molecule has 1 saturated heterocycles. The van der Waals surface area contributed by atoms with E-state index >= 15 is 0 Å². The number of hydrogen-bond donors (Lipinski definition) is 2. The SMILES string of the molecule is CC1C=CC(c2cnc(N)c3nc(C4CCCNC4)cn23)=CN1C. The van der Waals surface area contributed by atoms with Crippen molar-refractivity contribution in [1.29, 1.82) is 0 Å². The molecular weight excluding hydrogens is 300 g/mol. The Morgan fingerprint density at radius 2 is 2.25 bits per heavy atom. The van der Waals surface area contributed by atoms with Crippen LogP contribution in [0.3, 0.4) is 0 Å². The monoisotopic (exact) mass is 324 g/mol. The lowest BCUT2D eigenvalue weighted by molar-refractivity contribution is 0.405. The number of piperidine rings is 1. The maximum Gasteiger partial charge on any atom is 0.180 e. The van der Waals surface area contributed by atoms with Crippen LogP contribution in [0.4, 0.5) is 5.82 Å². The zero-order valence-electron chi connectivity index (χ0n) is 14.2. The highest BCUT2D eigenvalue weighted by Gasteiger charge is 2.21. The lowest BCUT2D eigenvalue weighted by Gasteiger charge is -2.25. The molecule has 0 aromatic carbocycles. The van der Waals surface area contributed by atoms with Gasteiger partial charge in [0.15, 0.2) is 11.5 Å². The van der Waals surface area contributed by atoms with E-state index in [9.17, 15) is 0 Å². The highest BCUT2D eigenvalue weighted by molar-refractivity contribution is 5.76. The molecule has 2 aromatic heterocycles. The van der Waals surface area contributed by atoms with Crippen LogP contribution >= 0.6 is 0 Å². The molecule has 2 unspecified atom stereocenters. The van der Waals surface area contributed by atoms with Gasteiger partial charge in [-0.3, -0.25) is 4.40 Å². The van der Waals surface area contributed by atoms with Gasteiger partial charge in [0.05, 0.1) is 17.6 Å². The number of imidazole rings is 1. The molecule has 126 valence electrons. The molecule has 0 aliphatic carbocycles. The third-order valence-electron chi connectivity index (χ3n) is 5.09. The fraction of sp³-hybridized carbons (Fsp3) is 0.444. The molecule has 6 nitrogen and oxygen atoms in total. The van der Waals surface area contributed by atoms with Crippen molar-refractivity contribution < 1.29 is 0 Å². The second-order valence-electron chi connectivity index (χ2n) is 6.78. The van der Waals surface area contributed by atoms with E-state index < -0.39 is 0 Å². The van der Waals surface area contributed by atoms with Gasteiger partial charge in [-0.25, -0.2) is 9.97 Å². The molecule has 3 N–H and O–H groups in total.